The first kappa shape index (κ1) is 19.1. The van der Waals surface area contributed by atoms with E-state index in [1.165, 1.54) is 25.8 Å². The van der Waals surface area contributed by atoms with Crippen LogP contribution in [0.1, 0.15) is 32.1 Å². The largest absolute Gasteiger partial charge is 0.299 e. The van der Waals surface area contributed by atoms with Gasteiger partial charge < -0.3 is 0 Å². The molecule has 2 heteroatoms. The third kappa shape index (κ3) is 4.36. The molecule has 1 aliphatic carbocycles. The van der Waals surface area contributed by atoms with E-state index in [0.717, 1.165) is 56.1 Å². The highest BCUT2D eigenvalue weighted by atomic mass is 15.2. The van der Waals surface area contributed by atoms with Crippen LogP contribution in [-0.4, -0.2) is 48.6 Å². The Balaban J connectivity index is 1.70. The second-order valence-corrected chi connectivity index (χ2v) is 7.96. The molecule has 2 unspecified atom stereocenters. The average molecular weight is 351 g/mol. The molecule has 2 atom stereocenters. The predicted molar refractivity (Wildman–Crippen MR) is 113 cm³/mol. The quantitative estimate of drug-likeness (QED) is 0.574. The topological polar surface area (TPSA) is 6.48 Å². The van der Waals surface area contributed by atoms with E-state index < -0.39 is 0 Å². The lowest BCUT2D eigenvalue weighted by atomic mass is 9.74. The summed E-state index contributed by atoms with van der Waals surface area (Å²) in [4.78, 5) is 5.26. The average Bonchev–Trinajstić information content (AvgIpc) is 2.69. The van der Waals surface area contributed by atoms with Gasteiger partial charge in [0.2, 0.25) is 0 Å². The lowest BCUT2D eigenvalue weighted by Gasteiger charge is -2.45. The molecule has 0 saturated carbocycles. The van der Waals surface area contributed by atoms with Crippen molar-refractivity contribution in [2.24, 2.45) is 5.92 Å². The van der Waals surface area contributed by atoms with E-state index in [4.69, 9.17) is 0 Å². The summed E-state index contributed by atoms with van der Waals surface area (Å²) in [5.41, 5.74) is 5.62. The van der Waals surface area contributed by atoms with Crippen molar-refractivity contribution in [2.75, 3.05) is 32.7 Å². The Hall–Kier alpha value is -1.64. The van der Waals surface area contributed by atoms with E-state index >= 15 is 0 Å². The SMILES string of the molecule is C=CC(=C)CCN1CCC2CCC3C(=C2C1)C=CCN3CCC(=C)C=C. The zero-order valence-corrected chi connectivity index (χ0v) is 16.3. The minimum Gasteiger partial charge on any atom is -0.299 e. The molecule has 0 N–H and O–H groups in total. The number of allylic oxidation sites excluding steroid dienone is 2. The molecule has 3 aliphatic rings. The zero-order valence-electron chi connectivity index (χ0n) is 16.3. The van der Waals surface area contributed by atoms with E-state index in [9.17, 15) is 0 Å². The Morgan fingerprint density at radius 3 is 2.50 bits per heavy atom. The molecular formula is C24H34N2. The van der Waals surface area contributed by atoms with Gasteiger partial charge in [0, 0.05) is 32.2 Å². The third-order valence-electron chi connectivity index (χ3n) is 6.32. The van der Waals surface area contributed by atoms with Gasteiger partial charge in [-0.25, -0.2) is 0 Å². The molecule has 0 bridgehead atoms. The lowest BCUT2D eigenvalue weighted by Crippen LogP contribution is -2.46. The van der Waals surface area contributed by atoms with Gasteiger partial charge in [0.05, 0.1) is 0 Å². The monoisotopic (exact) mass is 350 g/mol. The molecule has 0 radical (unpaired) electrons. The minimum absolute atomic E-state index is 0.604. The van der Waals surface area contributed by atoms with Crippen molar-refractivity contribution in [1.82, 2.24) is 9.80 Å². The Bertz CT molecular complexity index is 637. The summed E-state index contributed by atoms with van der Waals surface area (Å²) in [5.74, 6) is 0.799. The molecule has 0 aromatic rings. The van der Waals surface area contributed by atoms with Gasteiger partial charge in [-0.1, -0.05) is 61.8 Å². The number of hydrogen-bond acceptors (Lipinski definition) is 2. The van der Waals surface area contributed by atoms with Crippen LogP contribution in [-0.2, 0) is 0 Å². The molecule has 0 amide bonds. The molecule has 140 valence electrons. The van der Waals surface area contributed by atoms with Crippen LogP contribution < -0.4 is 0 Å². The Kier molecular flexibility index (Phi) is 6.50. The maximum atomic E-state index is 4.08. The Morgan fingerprint density at radius 1 is 1.04 bits per heavy atom. The second kappa shape index (κ2) is 8.83. The minimum atomic E-state index is 0.604. The van der Waals surface area contributed by atoms with E-state index in [1.807, 2.05) is 12.2 Å². The first-order valence-corrected chi connectivity index (χ1v) is 10.1. The first-order valence-electron chi connectivity index (χ1n) is 10.1. The molecule has 2 aliphatic heterocycles. The highest BCUT2D eigenvalue weighted by molar-refractivity contribution is 5.38. The van der Waals surface area contributed by atoms with Crippen LogP contribution in [0.3, 0.4) is 0 Å². The van der Waals surface area contributed by atoms with Crippen LogP contribution in [0.4, 0.5) is 0 Å². The number of likely N-dealkylation sites (tertiary alicyclic amines) is 1. The van der Waals surface area contributed by atoms with E-state index in [-0.39, 0.29) is 0 Å². The Morgan fingerprint density at radius 2 is 1.77 bits per heavy atom. The van der Waals surface area contributed by atoms with Crippen LogP contribution >= 0.6 is 0 Å². The number of piperidine rings is 1. The number of hydrogen-bond donors (Lipinski definition) is 0. The summed E-state index contributed by atoms with van der Waals surface area (Å²) in [6, 6.07) is 0.604. The van der Waals surface area contributed by atoms with Gasteiger partial charge in [0.25, 0.3) is 0 Å². The summed E-state index contributed by atoms with van der Waals surface area (Å²) < 4.78 is 0. The molecule has 0 aromatic heterocycles. The molecule has 0 spiro atoms. The molecule has 3 rings (SSSR count). The van der Waals surface area contributed by atoms with E-state index in [2.05, 4.69) is 48.3 Å². The van der Waals surface area contributed by atoms with Gasteiger partial charge in [0.1, 0.15) is 0 Å². The van der Waals surface area contributed by atoms with E-state index in [1.54, 1.807) is 11.1 Å². The smallest absolute Gasteiger partial charge is 0.0351 e. The fourth-order valence-corrected chi connectivity index (χ4v) is 4.61. The van der Waals surface area contributed by atoms with Gasteiger partial charge in [-0.05, 0) is 55.7 Å². The highest BCUT2D eigenvalue weighted by Gasteiger charge is 2.35. The first-order chi connectivity index (χ1) is 12.6. The molecule has 26 heavy (non-hydrogen) atoms. The summed E-state index contributed by atoms with van der Waals surface area (Å²) in [6.07, 6.45) is 14.6. The van der Waals surface area contributed by atoms with Crippen LogP contribution in [0.15, 0.2) is 72.9 Å². The maximum absolute atomic E-state index is 4.08. The van der Waals surface area contributed by atoms with Gasteiger partial charge in [0.15, 0.2) is 0 Å². The molecular weight excluding hydrogens is 316 g/mol. The standard InChI is InChI=1S/C24H34N2/c1-5-19(3)11-15-25-16-13-21-9-10-24-22(23(21)18-25)8-7-14-26(24)17-12-20(4)6-2/h5-8,21,24H,1-4,9-18H2. The number of rotatable bonds is 8. The van der Waals surface area contributed by atoms with Crippen molar-refractivity contribution >= 4 is 0 Å². The lowest BCUT2D eigenvalue weighted by molar-refractivity contribution is 0.177. The maximum Gasteiger partial charge on any atom is 0.0351 e. The third-order valence-corrected chi connectivity index (χ3v) is 6.32. The predicted octanol–water partition coefficient (Wildman–Crippen LogP) is 4.90. The van der Waals surface area contributed by atoms with Crippen LogP contribution in [0.2, 0.25) is 0 Å². The molecule has 2 nitrogen and oxygen atoms in total. The van der Waals surface area contributed by atoms with Crippen molar-refractivity contribution in [3.63, 3.8) is 0 Å². The van der Waals surface area contributed by atoms with Crippen LogP contribution in [0.5, 0.6) is 0 Å². The summed E-state index contributed by atoms with van der Waals surface area (Å²) in [7, 11) is 0. The number of fused-ring (bicyclic) bond motifs is 2. The molecule has 2 heterocycles. The van der Waals surface area contributed by atoms with Crippen molar-refractivity contribution in [3.8, 4) is 0 Å². The molecule has 0 aromatic carbocycles. The van der Waals surface area contributed by atoms with Gasteiger partial charge in [-0.3, -0.25) is 9.80 Å². The molecule has 1 fully saturated rings. The van der Waals surface area contributed by atoms with Crippen molar-refractivity contribution in [2.45, 2.75) is 38.1 Å². The van der Waals surface area contributed by atoms with Crippen LogP contribution in [0, 0.1) is 5.92 Å². The second-order valence-electron chi connectivity index (χ2n) is 7.96. The Labute approximate surface area is 159 Å². The van der Waals surface area contributed by atoms with Crippen molar-refractivity contribution < 1.29 is 0 Å². The fraction of sp³-hybridized carbons (Fsp3) is 0.500. The normalized spacial score (nSPS) is 26.2. The van der Waals surface area contributed by atoms with Crippen molar-refractivity contribution in [3.05, 3.63) is 72.9 Å². The summed E-state index contributed by atoms with van der Waals surface area (Å²) in [6.45, 7) is 21.5. The van der Waals surface area contributed by atoms with Gasteiger partial charge in [-0.15, -0.1) is 0 Å². The summed E-state index contributed by atoms with van der Waals surface area (Å²) >= 11 is 0. The van der Waals surface area contributed by atoms with Gasteiger partial charge >= 0.3 is 0 Å². The highest BCUT2D eigenvalue weighted by Crippen LogP contribution is 2.40. The van der Waals surface area contributed by atoms with E-state index in [0.29, 0.717) is 6.04 Å². The fourth-order valence-electron chi connectivity index (χ4n) is 4.61. The zero-order chi connectivity index (χ0) is 18.5. The van der Waals surface area contributed by atoms with Gasteiger partial charge in [-0.2, -0.15) is 0 Å². The van der Waals surface area contributed by atoms with Crippen molar-refractivity contribution in [1.29, 1.82) is 0 Å². The number of nitrogens with zero attached hydrogens (tertiary/aromatic N) is 2. The summed E-state index contributed by atoms with van der Waals surface area (Å²) in [5, 5.41) is 0. The molecule has 1 saturated heterocycles. The van der Waals surface area contributed by atoms with Crippen LogP contribution in [0.25, 0.3) is 0 Å².